The molecule has 2 rings (SSSR count). The first-order chi connectivity index (χ1) is 13.6. The summed E-state index contributed by atoms with van der Waals surface area (Å²) in [6.45, 7) is 1.52. The molecule has 0 spiro atoms. The largest absolute Gasteiger partial charge is 0.497 e. The van der Waals surface area contributed by atoms with Crippen LogP contribution in [0.3, 0.4) is 0 Å². The molecule has 0 aliphatic carbocycles. The van der Waals surface area contributed by atoms with Gasteiger partial charge in [-0.05, 0) is 44.3 Å². The van der Waals surface area contributed by atoms with Crippen LogP contribution in [0.4, 0.5) is 0 Å². The Morgan fingerprint density at radius 2 is 1.69 bits per heavy atom. The van der Waals surface area contributed by atoms with E-state index in [9.17, 15) is 0 Å². The summed E-state index contributed by atoms with van der Waals surface area (Å²) < 4.78 is 10.7. The Bertz CT molecular complexity index is 751. The number of aliphatic imine (C=N–C) groups is 1. The summed E-state index contributed by atoms with van der Waals surface area (Å²) in [6.07, 6.45) is 0.911. The first kappa shape index (κ1) is 25.0. The minimum atomic E-state index is 0. The van der Waals surface area contributed by atoms with Crippen LogP contribution in [0.25, 0.3) is 0 Å². The molecular weight excluding hydrogens is 479 g/mol. The van der Waals surface area contributed by atoms with E-state index < -0.39 is 0 Å². The molecule has 0 fully saturated rings. The number of methoxy groups -OCH3 is 2. The van der Waals surface area contributed by atoms with E-state index in [0.29, 0.717) is 0 Å². The summed E-state index contributed by atoms with van der Waals surface area (Å²) in [4.78, 5) is 6.51. The monoisotopic (exact) mass is 512 g/mol. The molecule has 0 amide bonds. The fourth-order valence-electron chi connectivity index (χ4n) is 3.04. The van der Waals surface area contributed by atoms with E-state index in [-0.39, 0.29) is 30.0 Å². The second-order valence-electron chi connectivity index (χ2n) is 6.70. The van der Waals surface area contributed by atoms with Crippen LogP contribution in [0, 0.1) is 0 Å². The van der Waals surface area contributed by atoms with Gasteiger partial charge in [0.25, 0.3) is 0 Å². The highest BCUT2D eigenvalue weighted by molar-refractivity contribution is 14.0. The predicted molar refractivity (Wildman–Crippen MR) is 131 cm³/mol. The lowest BCUT2D eigenvalue weighted by Gasteiger charge is -2.27. The molecule has 2 aromatic rings. The van der Waals surface area contributed by atoms with Crippen molar-refractivity contribution >= 4 is 29.9 Å². The molecule has 0 bridgehead atoms. The van der Waals surface area contributed by atoms with E-state index in [1.807, 2.05) is 30.3 Å². The van der Waals surface area contributed by atoms with Crippen LogP contribution in [0.5, 0.6) is 11.5 Å². The van der Waals surface area contributed by atoms with Crippen molar-refractivity contribution in [2.75, 3.05) is 48.5 Å². The smallest absolute Gasteiger partial charge is 0.191 e. The summed E-state index contributed by atoms with van der Waals surface area (Å²) in [5.74, 6) is 2.56. The molecule has 2 aromatic carbocycles. The Kier molecular flexibility index (Phi) is 11.5. The highest BCUT2D eigenvalue weighted by Gasteiger charge is 2.18. The van der Waals surface area contributed by atoms with Gasteiger partial charge in [-0.2, -0.15) is 0 Å². The number of hydrogen-bond donors (Lipinski definition) is 2. The van der Waals surface area contributed by atoms with Crippen LogP contribution in [-0.4, -0.2) is 59.3 Å². The van der Waals surface area contributed by atoms with Gasteiger partial charge in [-0.1, -0.05) is 30.3 Å². The molecule has 0 radical (unpaired) electrons. The second-order valence-corrected chi connectivity index (χ2v) is 6.70. The first-order valence-electron chi connectivity index (χ1n) is 9.45. The lowest BCUT2D eigenvalue weighted by Crippen LogP contribution is -2.42. The van der Waals surface area contributed by atoms with E-state index >= 15 is 0 Å². The molecule has 7 heteroatoms. The van der Waals surface area contributed by atoms with Gasteiger partial charge in [0.05, 0.1) is 20.3 Å². The fourth-order valence-corrected chi connectivity index (χ4v) is 3.04. The van der Waals surface area contributed by atoms with Gasteiger partial charge >= 0.3 is 0 Å². The molecule has 0 saturated carbocycles. The van der Waals surface area contributed by atoms with Gasteiger partial charge in [-0.25, -0.2) is 0 Å². The standard InChI is InChI=1S/C22H32N4O2.HI/c1-23-22(24-15-14-17-10-12-18(27-4)13-11-17)25-16-20(26(2)3)19-8-6-7-9-21(19)28-5;/h6-13,20H,14-16H2,1-5H3,(H2,23,24,25);1H. The molecule has 0 aliphatic rings. The molecule has 0 heterocycles. The molecule has 0 saturated heterocycles. The van der Waals surface area contributed by atoms with Crippen LogP contribution in [0.2, 0.25) is 0 Å². The van der Waals surface area contributed by atoms with Crippen LogP contribution in [0.15, 0.2) is 53.5 Å². The van der Waals surface area contributed by atoms with Crippen molar-refractivity contribution in [2.24, 2.45) is 4.99 Å². The molecule has 1 unspecified atom stereocenters. The molecule has 160 valence electrons. The molecule has 0 aliphatic heterocycles. The van der Waals surface area contributed by atoms with Gasteiger partial charge in [0.15, 0.2) is 5.96 Å². The topological polar surface area (TPSA) is 58.1 Å². The van der Waals surface area contributed by atoms with Crippen molar-refractivity contribution in [1.29, 1.82) is 0 Å². The van der Waals surface area contributed by atoms with Crippen molar-refractivity contribution in [2.45, 2.75) is 12.5 Å². The zero-order valence-electron chi connectivity index (χ0n) is 17.9. The molecular formula is C22H33IN4O2. The van der Waals surface area contributed by atoms with E-state index in [4.69, 9.17) is 9.47 Å². The van der Waals surface area contributed by atoms with E-state index in [2.05, 4.69) is 52.8 Å². The summed E-state index contributed by atoms with van der Waals surface area (Å²) in [7, 11) is 9.31. The number of hydrogen-bond acceptors (Lipinski definition) is 4. The number of benzene rings is 2. The number of nitrogens with zero attached hydrogens (tertiary/aromatic N) is 2. The van der Waals surface area contributed by atoms with Crippen LogP contribution in [0.1, 0.15) is 17.2 Å². The average molecular weight is 512 g/mol. The summed E-state index contributed by atoms with van der Waals surface area (Å²) >= 11 is 0. The Hall–Kier alpha value is -2.00. The van der Waals surface area contributed by atoms with Gasteiger partial charge in [-0.15, -0.1) is 24.0 Å². The molecule has 6 nitrogen and oxygen atoms in total. The maximum Gasteiger partial charge on any atom is 0.191 e. The van der Waals surface area contributed by atoms with Gasteiger partial charge in [-0.3, -0.25) is 4.99 Å². The highest BCUT2D eigenvalue weighted by atomic mass is 127. The van der Waals surface area contributed by atoms with Crippen molar-refractivity contribution in [3.63, 3.8) is 0 Å². The number of ether oxygens (including phenoxy) is 2. The Balaban J connectivity index is 0.00000420. The first-order valence-corrected chi connectivity index (χ1v) is 9.45. The summed E-state index contributed by atoms with van der Waals surface area (Å²) in [6, 6.07) is 16.4. The van der Waals surface area contributed by atoms with Crippen molar-refractivity contribution < 1.29 is 9.47 Å². The lowest BCUT2D eigenvalue weighted by atomic mass is 10.0. The van der Waals surface area contributed by atoms with Gasteiger partial charge in [0.2, 0.25) is 0 Å². The fraction of sp³-hybridized carbons (Fsp3) is 0.409. The summed E-state index contributed by atoms with van der Waals surface area (Å²) in [5.41, 5.74) is 2.40. The van der Waals surface area contributed by atoms with Crippen LogP contribution < -0.4 is 20.1 Å². The Labute approximate surface area is 191 Å². The number of nitrogens with one attached hydrogen (secondary N) is 2. The van der Waals surface area contributed by atoms with E-state index in [1.54, 1.807) is 21.3 Å². The number of halogens is 1. The second kappa shape index (κ2) is 13.3. The van der Waals surface area contributed by atoms with Gasteiger partial charge in [0, 0.05) is 25.7 Å². The van der Waals surface area contributed by atoms with Gasteiger partial charge < -0.3 is 25.0 Å². The third-order valence-electron chi connectivity index (χ3n) is 4.67. The Morgan fingerprint density at radius 1 is 1.00 bits per heavy atom. The van der Waals surface area contributed by atoms with Crippen molar-refractivity contribution in [1.82, 2.24) is 15.5 Å². The third kappa shape index (κ3) is 7.74. The van der Waals surface area contributed by atoms with E-state index in [1.165, 1.54) is 5.56 Å². The maximum absolute atomic E-state index is 5.53. The number of rotatable bonds is 9. The van der Waals surface area contributed by atoms with Crippen LogP contribution in [-0.2, 0) is 6.42 Å². The normalized spacial score (nSPS) is 12.1. The average Bonchev–Trinajstić information content (AvgIpc) is 2.73. The van der Waals surface area contributed by atoms with Gasteiger partial charge in [0.1, 0.15) is 11.5 Å². The maximum atomic E-state index is 5.53. The predicted octanol–water partition coefficient (Wildman–Crippen LogP) is 3.33. The number of guanidine groups is 1. The number of likely N-dealkylation sites (N-methyl/N-ethyl adjacent to an activating group) is 1. The minimum Gasteiger partial charge on any atom is -0.497 e. The van der Waals surface area contributed by atoms with Crippen molar-refractivity contribution in [3.05, 3.63) is 59.7 Å². The lowest BCUT2D eigenvalue weighted by molar-refractivity contribution is 0.288. The summed E-state index contributed by atoms with van der Waals surface area (Å²) in [5, 5.41) is 6.81. The van der Waals surface area contributed by atoms with E-state index in [0.717, 1.165) is 42.5 Å². The van der Waals surface area contributed by atoms with Crippen LogP contribution >= 0.6 is 24.0 Å². The third-order valence-corrected chi connectivity index (χ3v) is 4.67. The van der Waals surface area contributed by atoms with Crippen molar-refractivity contribution in [3.8, 4) is 11.5 Å². The molecule has 1 atom stereocenters. The molecule has 2 N–H and O–H groups in total. The quantitative estimate of drug-likeness (QED) is 0.307. The molecule has 0 aromatic heterocycles. The zero-order chi connectivity index (χ0) is 20.4. The molecule has 29 heavy (non-hydrogen) atoms. The Morgan fingerprint density at radius 3 is 2.28 bits per heavy atom. The minimum absolute atomic E-state index is 0. The highest BCUT2D eigenvalue weighted by Crippen LogP contribution is 2.27. The SMILES string of the molecule is CN=C(NCCc1ccc(OC)cc1)NCC(c1ccccc1OC)N(C)C.I. The zero-order valence-corrected chi connectivity index (χ0v) is 20.3. The number of para-hydroxylation sites is 1.